The molecule has 1 N–H and O–H groups in total. The molecule has 1 unspecified atom stereocenters. The summed E-state index contributed by atoms with van der Waals surface area (Å²) in [6.45, 7) is 0. The topological polar surface area (TPSA) is 80.3 Å². The van der Waals surface area contributed by atoms with Crippen LogP contribution in [0.3, 0.4) is 0 Å². The lowest BCUT2D eigenvalue weighted by Gasteiger charge is -2.35. The highest BCUT2D eigenvalue weighted by atomic mass is 35.5. The van der Waals surface area contributed by atoms with E-state index >= 15 is 0 Å². The monoisotopic (exact) mass is 427 g/mol. The molecule has 2 aromatic carbocycles. The molecule has 1 saturated carbocycles. The van der Waals surface area contributed by atoms with Gasteiger partial charge in [0.15, 0.2) is 19.7 Å². The van der Waals surface area contributed by atoms with Crippen LogP contribution in [0.5, 0.6) is 0 Å². The zero-order chi connectivity index (χ0) is 19.8. The molecule has 3 rings (SSSR count). The average molecular weight is 428 g/mol. The summed E-state index contributed by atoms with van der Waals surface area (Å²) >= 11 is 5.99. The van der Waals surface area contributed by atoms with E-state index in [-0.39, 0.29) is 15.8 Å². The molecule has 27 heavy (non-hydrogen) atoms. The first-order valence-corrected chi connectivity index (χ1v) is 12.8. The summed E-state index contributed by atoms with van der Waals surface area (Å²) in [6, 6.07) is 11.6. The zero-order valence-electron chi connectivity index (χ0n) is 15.1. The van der Waals surface area contributed by atoms with Crippen molar-refractivity contribution in [1.82, 2.24) is 0 Å². The lowest BCUT2D eigenvalue weighted by atomic mass is 9.77. The summed E-state index contributed by atoms with van der Waals surface area (Å²) in [5.74, 6) is 0.383. The maximum absolute atomic E-state index is 12.3. The highest BCUT2D eigenvalue weighted by Crippen LogP contribution is 2.41. The van der Waals surface area contributed by atoms with Crippen LogP contribution in [0, 0.1) is 5.92 Å². The lowest BCUT2D eigenvalue weighted by Crippen LogP contribution is -2.27. The Hall–Kier alpha value is -1.57. The van der Waals surface area contributed by atoms with Gasteiger partial charge in [-0.15, -0.1) is 0 Å². The summed E-state index contributed by atoms with van der Waals surface area (Å²) < 4.78 is 48.3. The van der Waals surface area contributed by atoms with Crippen molar-refractivity contribution in [3.63, 3.8) is 0 Å². The molecule has 0 aliphatic heterocycles. The van der Waals surface area contributed by atoms with Gasteiger partial charge in [0.05, 0.1) is 21.5 Å². The van der Waals surface area contributed by atoms with Gasteiger partial charge < -0.3 is 5.32 Å². The van der Waals surface area contributed by atoms with Gasteiger partial charge in [-0.25, -0.2) is 16.8 Å². The van der Waals surface area contributed by atoms with Crippen molar-refractivity contribution in [3.8, 4) is 0 Å². The van der Waals surface area contributed by atoms with Gasteiger partial charge in [-0.2, -0.15) is 0 Å². The third-order valence-electron chi connectivity index (χ3n) is 4.94. The summed E-state index contributed by atoms with van der Waals surface area (Å²) in [5.41, 5.74) is 1.44. The van der Waals surface area contributed by atoms with Crippen LogP contribution in [-0.2, 0) is 19.7 Å². The Labute approximate surface area is 165 Å². The molecule has 146 valence electrons. The maximum atomic E-state index is 12.3. The number of hydrogen-bond donors (Lipinski definition) is 1. The van der Waals surface area contributed by atoms with Crippen molar-refractivity contribution >= 4 is 37.0 Å². The predicted molar refractivity (Wildman–Crippen MR) is 108 cm³/mol. The second-order valence-corrected chi connectivity index (χ2v) is 11.5. The Bertz CT molecular complexity index is 1040. The van der Waals surface area contributed by atoms with E-state index in [9.17, 15) is 16.8 Å². The van der Waals surface area contributed by atoms with Gasteiger partial charge in [0.2, 0.25) is 0 Å². The van der Waals surface area contributed by atoms with Gasteiger partial charge in [0.1, 0.15) is 0 Å². The number of hydrogen-bond acceptors (Lipinski definition) is 5. The first-order chi connectivity index (χ1) is 12.6. The number of benzene rings is 2. The molecule has 0 aromatic heterocycles. The largest absolute Gasteiger partial charge is 0.377 e. The Morgan fingerprint density at radius 3 is 2.07 bits per heavy atom. The molecule has 5 nitrogen and oxygen atoms in total. The summed E-state index contributed by atoms with van der Waals surface area (Å²) in [7, 11) is -7.12. The molecule has 0 saturated heterocycles. The van der Waals surface area contributed by atoms with Gasteiger partial charge in [-0.05, 0) is 54.7 Å². The van der Waals surface area contributed by atoms with Crippen molar-refractivity contribution in [2.24, 2.45) is 5.92 Å². The van der Waals surface area contributed by atoms with Crippen LogP contribution >= 0.6 is 11.6 Å². The van der Waals surface area contributed by atoms with E-state index < -0.39 is 19.7 Å². The molecular formula is C19H22ClNO4S2. The second-order valence-electron chi connectivity index (χ2n) is 7.07. The number of sulfone groups is 2. The third kappa shape index (κ3) is 4.65. The predicted octanol–water partition coefficient (Wildman–Crippen LogP) is 4.10. The summed E-state index contributed by atoms with van der Waals surface area (Å²) in [4.78, 5) is -0.0242. The summed E-state index contributed by atoms with van der Waals surface area (Å²) in [6.07, 6.45) is 5.39. The minimum Gasteiger partial charge on any atom is -0.377 e. The molecule has 0 radical (unpaired) electrons. The van der Waals surface area contributed by atoms with E-state index in [1.54, 1.807) is 0 Å². The fourth-order valence-corrected chi connectivity index (χ4v) is 4.96. The Kier molecular flexibility index (Phi) is 5.57. The quantitative estimate of drug-likeness (QED) is 0.750. The normalized spacial score (nSPS) is 16.6. The van der Waals surface area contributed by atoms with E-state index in [1.165, 1.54) is 18.2 Å². The van der Waals surface area contributed by atoms with Gasteiger partial charge in [-0.1, -0.05) is 30.2 Å². The van der Waals surface area contributed by atoms with Gasteiger partial charge in [0.25, 0.3) is 0 Å². The molecule has 0 amide bonds. The van der Waals surface area contributed by atoms with Crippen LogP contribution in [-0.4, -0.2) is 29.3 Å². The Morgan fingerprint density at radius 1 is 0.963 bits per heavy atom. The number of anilines is 1. The third-order valence-corrected chi connectivity index (χ3v) is 7.44. The van der Waals surface area contributed by atoms with Crippen molar-refractivity contribution in [1.29, 1.82) is 0 Å². The first kappa shape index (κ1) is 20.2. The van der Waals surface area contributed by atoms with Crippen LogP contribution in [0.15, 0.2) is 52.3 Å². The molecule has 0 spiro atoms. The highest BCUT2D eigenvalue weighted by molar-refractivity contribution is 7.91. The smallest absolute Gasteiger partial charge is 0.177 e. The maximum Gasteiger partial charge on any atom is 0.177 e. The number of rotatable bonds is 6. The fraction of sp³-hybridized carbons (Fsp3) is 0.368. The van der Waals surface area contributed by atoms with Crippen LogP contribution in [0.25, 0.3) is 0 Å². The van der Waals surface area contributed by atoms with Gasteiger partial charge in [0, 0.05) is 17.5 Å². The number of nitrogens with one attached hydrogen (secondary N) is 1. The Balaban J connectivity index is 2.04. The van der Waals surface area contributed by atoms with E-state index in [4.69, 9.17) is 11.6 Å². The van der Waals surface area contributed by atoms with E-state index in [0.717, 1.165) is 37.3 Å². The fourth-order valence-electron chi connectivity index (χ4n) is 3.24. The molecule has 1 atom stereocenters. The van der Waals surface area contributed by atoms with Crippen LogP contribution in [0.4, 0.5) is 5.69 Å². The first-order valence-electron chi connectivity index (χ1n) is 8.62. The molecule has 1 fully saturated rings. The van der Waals surface area contributed by atoms with Crippen molar-refractivity contribution in [2.45, 2.75) is 35.1 Å². The van der Waals surface area contributed by atoms with E-state index in [2.05, 4.69) is 5.32 Å². The SMILES string of the molecule is CS(=O)(=O)c1ccc(NC(c2ccc(Cl)cc2)C2CCC2)c(S(C)(=O)=O)c1. The molecule has 2 aromatic rings. The van der Waals surface area contributed by atoms with Gasteiger partial charge in [-0.3, -0.25) is 0 Å². The van der Waals surface area contributed by atoms with Crippen LogP contribution in [0.2, 0.25) is 5.02 Å². The lowest BCUT2D eigenvalue weighted by molar-refractivity contribution is 0.277. The zero-order valence-corrected chi connectivity index (χ0v) is 17.5. The molecule has 0 heterocycles. The minimum atomic E-state index is -3.61. The average Bonchev–Trinajstić information content (AvgIpc) is 2.51. The van der Waals surface area contributed by atoms with Crippen molar-refractivity contribution in [3.05, 3.63) is 53.1 Å². The van der Waals surface area contributed by atoms with E-state index in [0.29, 0.717) is 16.6 Å². The van der Waals surface area contributed by atoms with E-state index in [1.807, 2.05) is 24.3 Å². The Morgan fingerprint density at radius 2 is 1.59 bits per heavy atom. The minimum absolute atomic E-state index is 0.0105. The molecule has 0 bridgehead atoms. The molecule has 1 aliphatic rings. The van der Waals surface area contributed by atoms with Crippen LogP contribution < -0.4 is 5.32 Å². The van der Waals surface area contributed by atoms with Crippen molar-refractivity contribution < 1.29 is 16.8 Å². The van der Waals surface area contributed by atoms with Crippen molar-refractivity contribution in [2.75, 3.05) is 17.8 Å². The van der Waals surface area contributed by atoms with Gasteiger partial charge >= 0.3 is 0 Å². The summed E-state index contributed by atoms with van der Waals surface area (Å²) in [5, 5.41) is 3.99. The standard InChI is InChI=1S/C19H22ClNO4S2/c1-26(22,23)16-10-11-17(18(12-16)27(2,24)25)21-19(13-4-3-5-13)14-6-8-15(20)9-7-14/h6-13,19,21H,3-5H2,1-2H3. The molecular weight excluding hydrogens is 406 g/mol. The molecule has 1 aliphatic carbocycles. The molecule has 8 heteroatoms. The second kappa shape index (κ2) is 7.45. The highest BCUT2D eigenvalue weighted by Gasteiger charge is 2.30. The van der Waals surface area contributed by atoms with Crippen LogP contribution in [0.1, 0.15) is 30.9 Å². The number of halogens is 1.